The van der Waals surface area contributed by atoms with E-state index < -0.39 is 23.4 Å². The Labute approximate surface area is 147 Å². The number of aldehydes is 1. The second kappa shape index (κ2) is 6.57. The first kappa shape index (κ1) is 17.6. The number of ether oxygens (including phenoxy) is 3. The van der Waals surface area contributed by atoms with Gasteiger partial charge in [-0.25, -0.2) is 4.79 Å². The van der Waals surface area contributed by atoms with Gasteiger partial charge in [-0.15, -0.1) is 0 Å². The molecule has 0 saturated heterocycles. The molecule has 8 nitrogen and oxygen atoms in total. The van der Waals surface area contributed by atoms with Crippen LogP contribution in [0.2, 0.25) is 0 Å². The zero-order valence-corrected chi connectivity index (χ0v) is 14.2. The number of benzene rings is 1. The van der Waals surface area contributed by atoms with Crippen LogP contribution in [-0.2, 0) is 4.74 Å². The van der Waals surface area contributed by atoms with Crippen LogP contribution in [0.4, 0.5) is 0 Å². The number of aromatic hydroxyl groups is 2. The number of carbonyl (C=O) groups is 1. The number of rotatable bonds is 4. The lowest BCUT2D eigenvalue weighted by atomic mass is 9.91. The van der Waals surface area contributed by atoms with Crippen LogP contribution >= 0.6 is 0 Å². The summed E-state index contributed by atoms with van der Waals surface area (Å²) in [4.78, 5) is 24.1. The number of hydrogen-bond acceptors (Lipinski definition) is 8. The Balaban J connectivity index is 2.46. The van der Waals surface area contributed by atoms with Gasteiger partial charge in [0.05, 0.1) is 12.7 Å². The summed E-state index contributed by atoms with van der Waals surface area (Å²) in [6.07, 6.45) is 2.55. The molecule has 0 radical (unpaired) electrons. The first-order valence-corrected chi connectivity index (χ1v) is 7.60. The molecule has 2 aromatic rings. The van der Waals surface area contributed by atoms with Crippen LogP contribution in [0.25, 0.3) is 17.2 Å². The molecule has 0 fully saturated rings. The third-order valence-corrected chi connectivity index (χ3v) is 4.00. The first-order chi connectivity index (χ1) is 12.5. The fourth-order valence-electron chi connectivity index (χ4n) is 2.95. The van der Waals surface area contributed by atoms with E-state index in [2.05, 4.69) is 0 Å². The molecule has 1 aliphatic heterocycles. The number of hydrogen-bond donors (Lipinski definition) is 2. The van der Waals surface area contributed by atoms with Gasteiger partial charge in [0.25, 0.3) is 0 Å². The maximum Gasteiger partial charge on any atom is 0.348 e. The molecule has 1 atom stereocenters. The maximum absolute atomic E-state index is 12.5. The highest BCUT2D eigenvalue weighted by Crippen LogP contribution is 2.53. The molecular weight excluding hydrogens is 344 g/mol. The van der Waals surface area contributed by atoms with E-state index in [1.165, 1.54) is 20.3 Å². The average molecular weight is 360 g/mol. The highest BCUT2D eigenvalue weighted by atomic mass is 16.7. The van der Waals surface area contributed by atoms with Crippen molar-refractivity contribution in [3.05, 3.63) is 39.4 Å². The fourth-order valence-corrected chi connectivity index (χ4v) is 2.95. The van der Waals surface area contributed by atoms with Crippen LogP contribution in [0.1, 0.15) is 34.9 Å². The van der Waals surface area contributed by atoms with E-state index in [1.54, 1.807) is 19.1 Å². The third-order valence-electron chi connectivity index (χ3n) is 4.00. The molecule has 1 aromatic carbocycles. The Kier molecular flexibility index (Phi) is 4.43. The van der Waals surface area contributed by atoms with Crippen LogP contribution in [-0.4, -0.2) is 30.7 Å². The van der Waals surface area contributed by atoms with E-state index in [1.807, 2.05) is 0 Å². The molecule has 0 saturated carbocycles. The zero-order chi connectivity index (χ0) is 19.0. The van der Waals surface area contributed by atoms with Crippen molar-refractivity contribution in [2.45, 2.75) is 13.2 Å². The molecule has 0 spiro atoms. The lowest BCUT2D eigenvalue weighted by Crippen LogP contribution is -2.22. The van der Waals surface area contributed by atoms with E-state index in [9.17, 15) is 19.8 Å². The minimum absolute atomic E-state index is 0.0632. The number of allylic oxidation sites excluding steroid dienone is 1. The van der Waals surface area contributed by atoms with Crippen LogP contribution < -0.4 is 15.1 Å². The molecule has 26 heavy (non-hydrogen) atoms. The predicted molar refractivity (Wildman–Crippen MR) is 90.8 cm³/mol. The van der Waals surface area contributed by atoms with Gasteiger partial charge in [-0.05, 0) is 13.0 Å². The highest BCUT2D eigenvalue weighted by Gasteiger charge is 2.38. The van der Waals surface area contributed by atoms with Crippen molar-refractivity contribution in [2.75, 3.05) is 14.2 Å². The lowest BCUT2D eigenvalue weighted by Gasteiger charge is -2.29. The smallest absolute Gasteiger partial charge is 0.348 e. The summed E-state index contributed by atoms with van der Waals surface area (Å²) in [5, 5.41) is 20.7. The van der Waals surface area contributed by atoms with Crippen molar-refractivity contribution in [1.29, 1.82) is 0 Å². The Bertz CT molecular complexity index is 970. The van der Waals surface area contributed by atoms with E-state index >= 15 is 0 Å². The molecule has 2 N–H and O–H groups in total. The van der Waals surface area contributed by atoms with Gasteiger partial charge < -0.3 is 28.8 Å². The Morgan fingerprint density at radius 1 is 1.19 bits per heavy atom. The number of fused-ring (bicyclic) bond motifs is 3. The van der Waals surface area contributed by atoms with Gasteiger partial charge in [-0.1, -0.05) is 6.08 Å². The minimum atomic E-state index is -1.11. The fraction of sp³-hybridized carbons (Fsp3) is 0.222. The van der Waals surface area contributed by atoms with E-state index in [4.69, 9.17) is 18.6 Å². The molecule has 0 amide bonds. The summed E-state index contributed by atoms with van der Waals surface area (Å²) in [7, 11) is 2.56. The standard InChI is InChI=1S/C18H16O8/c1-4-5-8-6-10-12(17(22)25-8)13-11(18(24-3)26-10)9(7-19)16(23-2)15(21)14(13)20/h4-7,18,20-21H,1-3H3. The third kappa shape index (κ3) is 2.42. The zero-order valence-electron chi connectivity index (χ0n) is 14.2. The summed E-state index contributed by atoms with van der Waals surface area (Å²) < 4.78 is 21.2. The number of phenolic OH excluding ortho intramolecular Hbond substituents is 2. The Morgan fingerprint density at radius 2 is 1.92 bits per heavy atom. The molecule has 1 aliphatic rings. The van der Waals surface area contributed by atoms with Crippen LogP contribution in [0.15, 0.2) is 21.4 Å². The molecule has 0 bridgehead atoms. The van der Waals surface area contributed by atoms with Gasteiger partial charge in [0.15, 0.2) is 17.8 Å². The molecule has 8 heteroatoms. The van der Waals surface area contributed by atoms with Crippen molar-refractivity contribution >= 4 is 12.4 Å². The van der Waals surface area contributed by atoms with Gasteiger partial charge in [-0.3, -0.25) is 4.79 Å². The largest absolute Gasteiger partial charge is 0.504 e. The Morgan fingerprint density at radius 3 is 2.50 bits per heavy atom. The number of phenols is 2. The van der Waals surface area contributed by atoms with E-state index in [0.717, 1.165) is 0 Å². The summed E-state index contributed by atoms with van der Waals surface area (Å²) in [5.74, 6) is -1.24. The maximum atomic E-state index is 12.5. The minimum Gasteiger partial charge on any atom is -0.504 e. The summed E-state index contributed by atoms with van der Waals surface area (Å²) in [5.41, 5.74) is -1.07. The molecule has 136 valence electrons. The van der Waals surface area contributed by atoms with Gasteiger partial charge in [-0.2, -0.15) is 0 Å². The molecule has 1 aromatic heterocycles. The normalized spacial score (nSPS) is 15.3. The van der Waals surface area contributed by atoms with Crippen LogP contribution in [0.3, 0.4) is 0 Å². The van der Waals surface area contributed by atoms with Crippen LogP contribution in [0.5, 0.6) is 23.0 Å². The monoisotopic (exact) mass is 360 g/mol. The molecule has 3 rings (SSSR count). The summed E-state index contributed by atoms with van der Waals surface area (Å²) in [6, 6.07) is 1.45. The van der Waals surface area contributed by atoms with Gasteiger partial charge in [0.1, 0.15) is 17.1 Å². The second-order valence-corrected chi connectivity index (χ2v) is 5.41. The van der Waals surface area contributed by atoms with Crippen LogP contribution in [0, 0.1) is 0 Å². The molecule has 0 aliphatic carbocycles. The molecule has 1 unspecified atom stereocenters. The SMILES string of the molecule is CC=Cc1cc2c(c(=O)o1)-c1c(O)c(O)c(OC)c(C=O)c1C(OC)O2. The predicted octanol–water partition coefficient (Wildman–Crippen LogP) is 2.61. The number of carbonyl (C=O) groups excluding carboxylic acids is 1. The molecular formula is C18H16O8. The average Bonchev–Trinajstić information content (AvgIpc) is 2.63. The topological polar surface area (TPSA) is 115 Å². The number of methoxy groups -OCH3 is 2. The van der Waals surface area contributed by atoms with E-state index in [0.29, 0.717) is 6.29 Å². The first-order valence-electron chi connectivity index (χ1n) is 7.60. The van der Waals surface area contributed by atoms with Gasteiger partial charge in [0.2, 0.25) is 12.0 Å². The molecule has 2 heterocycles. The summed E-state index contributed by atoms with van der Waals surface area (Å²) in [6.45, 7) is 1.75. The Hall–Kier alpha value is -3.26. The highest BCUT2D eigenvalue weighted by molar-refractivity contribution is 5.94. The van der Waals surface area contributed by atoms with Crippen molar-refractivity contribution in [2.24, 2.45) is 0 Å². The summed E-state index contributed by atoms with van der Waals surface area (Å²) >= 11 is 0. The van der Waals surface area contributed by atoms with Crippen molar-refractivity contribution in [3.63, 3.8) is 0 Å². The second-order valence-electron chi connectivity index (χ2n) is 5.41. The van der Waals surface area contributed by atoms with Crippen molar-refractivity contribution < 1.29 is 33.6 Å². The van der Waals surface area contributed by atoms with Gasteiger partial charge in [0, 0.05) is 24.3 Å². The van der Waals surface area contributed by atoms with E-state index in [-0.39, 0.29) is 39.5 Å². The lowest BCUT2D eigenvalue weighted by molar-refractivity contribution is -0.0587. The van der Waals surface area contributed by atoms with Gasteiger partial charge >= 0.3 is 5.63 Å². The quantitative estimate of drug-likeness (QED) is 0.631. The van der Waals surface area contributed by atoms with Crippen molar-refractivity contribution in [3.8, 4) is 34.1 Å². The van der Waals surface area contributed by atoms with Crippen molar-refractivity contribution in [1.82, 2.24) is 0 Å².